The molecule has 0 atom stereocenters. The minimum absolute atomic E-state index is 0.139. The van der Waals surface area contributed by atoms with Crippen LogP contribution in [0.15, 0.2) is 85.1 Å². The van der Waals surface area contributed by atoms with E-state index >= 15 is 0 Å². The summed E-state index contributed by atoms with van der Waals surface area (Å²) in [6, 6.07) is 21.7. The van der Waals surface area contributed by atoms with Crippen molar-refractivity contribution in [1.82, 2.24) is 4.98 Å². The Hall–Kier alpha value is -5.14. The fourth-order valence-corrected chi connectivity index (χ4v) is 4.01. The highest BCUT2D eigenvalue weighted by molar-refractivity contribution is 6.29. The molecule has 0 bridgehead atoms. The number of nitrogens with zero attached hydrogens (tertiary/aromatic N) is 3. The second-order valence-corrected chi connectivity index (χ2v) is 7.39. The van der Waals surface area contributed by atoms with Crippen LogP contribution in [0.4, 0.5) is 0 Å². The van der Waals surface area contributed by atoms with E-state index in [-0.39, 0.29) is 28.5 Å². The molecule has 1 aliphatic rings. The van der Waals surface area contributed by atoms with Gasteiger partial charge >= 0.3 is 0 Å². The van der Waals surface area contributed by atoms with Crippen LogP contribution in [0, 0.1) is 22.7 Å². The van der Waals surface area contributed by atoms with Crippen LogP contribution < -0.4 is 0 Å². The van der Waals surface area contributed by atoms with Gasteiger partial charge in [0.25, 0.3) is 11.6 Å². The summed E-state index contributed by atoms with van der Waals surface area (Å²) in [5.74, 6) is 0.783. The lowest BCUT2D eigenvalue weighted by atomic mass is 9.99. The second kappa shape index (κ2) is 6.94. The number of oxazole rings is 1. The highest BCUT2D eigenvalue weighted by atomic mass is 16.4. The number of aromatic nitrogens is 1. The normalized spacial score (nSPS) is 14.1. The minimum Gasteiger partial charge on any atom is -0.451 e. The van der Waals surface area contributed by atoms with E-state index in [2.05, 4.69) is 4.98 Å². The molecule has 5 aromatic rings. The van der Waals surface area contributed by atoms with Crippen LogP contribution in [0.25, 0.3) is 45.6 Å². The third-order valence-electron chi connectivity index (χ3n) is 5.46. The van der Waals surface area contributed by atoms with Crippen molar-refractivity contribution in [2.45, 2.75) is 0 Å². The van der Waals surface area contributed by atoms with Crippen molar-refractivity contribution in [3.63, 3.8) is 0 Å². The summed E-state index contributed by atoms with van der Waals surface area (Å²) in [7, 11) is 0. The first-order valence-electron chi connectivity index (χ1n) is 9.96. The maximum Gasteiger partial charge on any atom is 0.266 e. The van der Waals surface area contributed by atoms with Gasteiger partial charge in [-0.2, -0.15) is 15.5 Å². The van der Waals surface area contributed by atoms with Gasteiger partial charge in [0.2, 0.25) is 0 Å². The van der Waals surface area contributed by atoms with E-state index in [1.807, 2.05) is 42.5 Å². The molecule has 0 amide bonds. The molecule has 0 radical (unpaired) electrons. The van der Waals surface area contributed by atoms with Gasteiger partial charge in [0, 0.05) is 28.2 Å². The minimum atomic E-state index is -0.285. The summed E-state index contributed by atoms with van der Waals surface area (Å²) in [5, 5.41) is 19.8. The molecule has 0 spiro atoms. The molecular formula is C26H11N3O4. The van der Waals surface area contributed by atoms with Gasteiger partial charge in [0.05, 0.1) is 0 Å². The Kier molecular flexibility index (Phi) is 3.92. The summed E-state index contributed by atoms with van der Waals surface area (Å²) < 4.78 is 17.4. The molecule has 0 saturated heterocycles. The number of hydrogen-bond donors (Lipinski definition) is 0. The quantitative estimate of drug-likeness (QED) is 0.253. The zero-order chi connectivity index (χ0) is 22.5. The lowest BCUT2D eigenvalue weighted by Gasteiger charge is -2.00. The second-order valence-electron chi connectivity index (χ2n) is 7.39. The SMILES string of the molecule is N#CC(C#N)=C1/C(=C/c2cc3oc(-c4cc5ccccc5o4)nc3o2)C(=O)c2ccccc21. The standard InChI is InChI=1S/C26H11N3O4/c27-12-15(13-28)23-17-6-2-3-7-18(17)24(30)19(23)10-16-11-22-25(31-16)29-26(33-22)21-9-14-5-1-4-8-20(14)32-21/h1-11H/b19-10-. The van der Waals surface area contributed by atoms with Crippen LogP contribution >= 0.6 is 0 Å². The average Bonchev–Trinajstić information content (AvgIpc) is 3.57. The molecule has 7 heteroatoms. The molecule has 3 heterocycles. The van der Waals surface area contributed by atoms with Crippen molar-refractivity contribution in [2.24, 2.45) is 0 Å². The van der Waals surface area contributed by atoms with Crippen LogP contribution in [0.1, 0.15) is 21.7 Å². The first kappa shape index (κ1) is 18.6. The van der Waals surface area contributed by atoms with Gasteiger partial charge < -0.3 is 13.3 Å². The molecule has 0 N–H and O–H groups in total. The van der Waals surface area contributed by atoms with Crippen molar-refractivity contribution < 1.29 is 18.0 Å². The van der Waals surface area contributed by atoms with E-state index in [0.717, 1.165) is 11.0 Å². The fourth-order valence-electron chi connectivity index (χ4n) is 4.01. The van der Waals surface area contributed by atoms with Crippen LogP contribution in [-0.2, 0) is 0 Å². The number of carbonyl (C=O) groups is 1. The number of ketones is 1. The number of allylic oxidation sites excluding steroid dienone is 3. The topological polar surface area (TPSA) is 117 Å². The molecule has 0 fully saturated rings. The van der Waals surface area contributed by atoms with Crippen LogP contribution in [0.3, 0.4) is 0 Å². The van der Waals surface area contributed by atoms with Gasteiger partial charge in [0.1, 0.15) is 29.1 Å². The van der Waals surface area contributed by atoms with Gasteiger partial charge in [-0.3, -0.25) is 4.79 Å². The molecule has 0 aliphatic heterocycles. The van der Waals surface area contributed by atoms with E-state index in [1.54, 1.807) is 30.3 Å². The number of hydrogen-bond acceptors (Lipinski definition) is 7. The zero-order valence-electron chi connectivity index (χ0n) is 16.8. The highest BCUT2D eigenvalue weighted by Crippen LogP contribution is 2.40. The van der Waals surface area contributed by atoms with E-state index in [1.165, 1.54) is 6.08 Å². The smallest absolute Gasteiger partial charge is 0.266 e. The molecule has 0 unspecified atom stereocenters. The summed E-state index contributed by atoms with van der Waals surface area (Å²) in [6.45, 7) is 0. The Bertz CT molecular complexity index is 1680. The van der Waals surface area contributed by atoms with E-state index < -0.39 is 0 Å². The van der Waals surface area contributed by atoms with Gasteiger partial charge in [0.15, 0.2) is 17.1 Å². The predicted octanol–water partition coefficient (Wildman–Crippen LogP) is 5.91. The first-order valence-corrected chi connectivity index (χ1v) is 9.96. The van der Waals surface area contributed by atoms with E-state index in [4.69, 9.17) is 13.3 Å². The maximum atomic E-state index is 13.0. The first-order chi connectivity index (χ1) is 16.2. The number of carbonyl (C=O) groups excluding carboxylic acids is 1. The average molecular weight is 429 g/mol. The van der Waals surface area contributed by atoms with Crippen molar-refractivity contribution in [3.8, 4) is 23.8 Å². The number of nitriles is 2. The third-order valence-corrected chi connectivity index (χ3v) is 5.46. The Morgan fingerprint density at radius 1 is 0.879 bits per heavy atom. The number of Topliss-reactive ketones (excluding diaryl/α,β-unsaturated/α-hetero) is 1. The summed E-state index contributed by atoms with van der Waals surface area (Å²) in [6.07, 6.45) is 1.50. The van der Waals surface area contributed by atoms with E-state index in [9.17, 15) is 15.3 Å². The van der Waals surface area contributed by atoms with Gasteiger partial charge in [-0.15, -0.1) is 0 Å². The monoisotopic (exact) mass is 429 g/mol. The predicted molar refractivity (Wildman–Crippen MR) is 118 cm³/mol. The Morgan fingerprint density at radius 2 is 1.64 bits per heavy atom. The fraction of sp³-hybridized carbons (Fsp3) is 0. The lowest BCUT2D eigenvalue weighted by molar-refractivity contribution is 0.104. The molecule has 1 aliphatic carbocycles. The van der Waals surface area contributed by atoms with Crippen LogP contribution in [-0.4, -0.2) is 10.8 Å². The molecule has 154 valence electrons. The summed E-state index contributed by atoms with van der Waals surface area (Å²) in [5.41, 5.74) is 2.69. The number of para-hydroxylation sites is 1. The largest absolute Gasteiger partial charge is 0.451 e. The van der Waals surface area contributed by atoms with Crippen LogP contribution in [0.5, 0.6) is 0 Å². The van der Waals surface area contributed by atoms with Crippen molar-refractivity contribution in [3.05, 3.63) is 88.7 Å². The zero-order valence-corrected chi connectivity index (χ0v) is 16.8. The van der Waals surface area contributed by atoms with Crippen molar-refractivity contribution in [2.75, 3.05) is 0 Å². The number of furan rings is 2. The number of benzene rings is 2. The molecule has 3 aromatic heterocycles. The highest BCUT2D eigenvalue weighted by Gasteiger charge is 2.32. The van der Waals surface area contributed by atoms with Crippen molar-refractivity contribution in [1.29, 1.82) is 10.5 Å². The number of rotatable bonds is 2. The molecular weight excluding hydrogens is 418 g/mol. The maximum absolute atomic E-state index is 13.0. The van der Waals surface area contributed by atoms with Crippen LogP contribution in [0.2, 0.25) is 0 Å². The molecule has 33 heavy (non-hydrogen) atoms. The summed E-state index contributed by atoms with van der Waals surface area (Å²) >= 11 is 0. The summed E-state index contributed by atoms with van der Waals surface area (Å²) in [4.78, 5) is 17.4. The van der Waals surface area contributed by atoms with Gasteiger partial charge in [-0.1, -0.05) is 42.5 Å². The van der Waals surface area contributed by atoms with Gasteiger partial charge in [-0.25, -0.2) is 0 Å². The van der Waals surface area contributed by atoms with Gasteiger partial charge in [-0.05, 0) is 23.8 Å². The molecule has 7 nitrogen and oxygen atoms in total. The molecule has 0 saturated carbocycles. The Balaban J connectivity index is 1.43. The third kappa shape index (κ3) is 2.81. The number of fused-ring (bicyclic) bond motifs is 3. The van der Waals surface area contributed by atoms with Crippen molar-refractivity contribution >= 4 is 39.7 Å². The lowest BCUT2D eigenvalue weighted by Crippen LogP contribution is -1.95. The Labute approximate surface area is 186 Å². The molecule has 6 rings (SSSR count). The molecule has 2 aromatic carbocycles. The Morgan fingerprint density at radius 3 is 2.39 bits per heavy atom. The van der Waals surface area contributed by atoms with E-state index in [0.29, 0.717) is 33.8 Å².